The first kappa shape index (κ1) is 21.8. The molecular formula is C24H35N5O2. The van der Waals surface area contributed by atoms with Gasteiger partial charge in [0.15, 0.2) is 0 Å². The van der Waals surface area contributed by atoms with Crippen LogP contribution in [0.4, 0.5) is 0 Å². The van der Waals surface area contributed by atoms with Crippen LogP contribution in [-0.4, -0.2) is 62.8 Å². The molecule has 0 aliphatic carbocycles. The van der Waals surface area contributed by atoms with Crippen molar-refractivity contribution in [3.05, 3.63) is 41.5 Å². The van der Waals surface area contributed by atoms with E-state index in [9.17, 15) is 4.79 Å². The Balaban J connectivity index is 1.22. The third kappa shape index (κ3) is 6.06. The lowest BCUT2D eigenvalue weighted by Crippen LogP contribution is -2.43. The molecule has 1 amide bonds. The second-order valence-corrected chi connectivity index (χ2v) is 8.90. The van der Waals surface area contributed by atoms with Gasteiger partial charge in [-0.15, -0.1) is 0 Å². The summed E-state index contributed by atoms with van der Waals surface area (Å²) < 4.78 is 7.90. The fraction of sp³-hybridized carbons (Fsp3) is 0.625. The number of likely N-dealkylation sites (tertiary alicyclic amines) is 2. The van der Waals surface area contributed by atoms with E-state index in [4.69, 9.17) is 4.74 Å². The minimum Gasteiger partial charge on any atom is -0.490 e. The number of piperidine rings is 1. The summed E-state index contributed by atoms with van der Waals surface area (Å²) in [6, 6.07) is 8.59. The van der Waals surface area contributed by atoms with E-state index in [1.807, 2.05) is 18.7 Å². The molecule has 0 bridgehead atoms. The third-order valence-electron chi connectivity index (χ3n) is 6.37. The number of benzene rings is 1. The number of hydrogen-bond acceptors (Lipinski definition) is 5. The molecule has 7 heteroatoms. The van der Waals surface area contributed by atoms with Crippen molar-refractivity contribution in [3.63, 3.8) is 0 Å². The second kappa shape index (κ2) is 10.3. The molecule has 2 fully saturated rings. The highest BCUT2D eigenvalue weighted by Gasteiger charge is 2.24. The first-order valence-electron chi connectivity index (χ1n) is 11.7. The molecule has 31 heavy (non-hydrogen) atoms. The monoisotopic (exact) mass is 425 g/mol. The van der Waals surface area contributed by atoms with Crippen molar-refractivity contribution >= 4 is 5.91 Å². The van der Waals surface area contributed by atoms with Gasteiger partial charge in [0.25, 0.3) is 0 Å². The number of carbonyl (C=O) groups is 1. The standard InChI is InChI=1S/C24H35N5O2/c1-19-25-20(2)29(26-19)18-24(30)28-15-11-23(12-16-28)31-22-9-7-21(8-10-22)17-27-13-5-3-4-6-14-27/h7-10,23H,3-6,11-18H2,1-2H3. The van der Waals surface area contributed by atoms with Crippen LogP contribution in [0, 0.1) is 13.8 Å². The molecule has 0 spiro atoms. The van der Waals surface area contributed by atoms with Gasteiger partial charge in [0, 0.05) is 32.5 Å². The van der Waals surface area contributed by atoms with Crippen molar-refractivity contribution in [3.8, 4) is 5.75 Å². The summed E-state index contributed by atoms with van der Waals surface area (Å²) in [6.07, 6.45) is 7.26. The lowest BCUT2D eigenvalue weighted by molar-refractivity contribution is -0.133. The minimum absolute atomic E-state index is 0.101. The Bertz CT molecular complexity index is 847. The van der Waals surface area contributed by atoms with Crippen LogP contribution >= 0.6 is 0 Å². The Hall–Kier alpha value is -2.41. The molecule has 2 aliphatic rings. The number of amides is 1. The average Bonchev–Trinajstić information content (AvgIpc) is 2.94. The first-order valence-corrected chi connectivity index (χ1v) is 11.7. The van der Waals surface area contributed by atoms with E-state index in [-0.39, 0.29) is 18.6 Å². The number of rotatable bonds is 6. The summed E-state index contributed by atoms with van der Waals surface area (Å²) >= 11 is 0. The Morgan fingerprint density at radius 3 is 2.29 bits per heavy atom. The van der Waals surface area contributed by atoms with Crippen LogP contribution in [0.1, 0.15) is 55.7 Å². The third-order valence-corrected chi connectivity index (χ3v) is 6.37. The van der Waals surface area contributed by atoms with Crippen molar-refractivity contribution in [2.24, 2.45) is 0 Å². The molecule has 0 radical (unpaired) electrons. The largest absolute Gasteiger partial charge is 0.490 e. The maximum Gasteiger partial charge on any atom is 0.244 e. The van der Waals surface area contributed by atoms with E-state index in [1.54, 1.807) is 4.68 Å². The molecule has 2 aromatic rings. The van der Waals surface area contributed by atoms with Gasteiger partial charge >= 0.3 is 0 Å². The normalized spacial score (nSPS) is 18.7. The van der Waals surface area contributed by atoms with Crippen LogP contribution in [0.5, 0.6) is 5.75 Å². The van der Waals surface area contributed by atoms with Crippen LogP contribution in [0.2, 0.25) is 0 Å². The number of ether oxygens (including phenoxy) is 1. The van der Waals surface area contributed by atoms with Gasteiger partial charge in [-0.3, -0.25) is 9.69 Å². The summed E-state index contributed by atoms with van der Waals surface area (Å²) in [4.78, 5) is 21.4. The van der Waals surface area contributed by atoms with Crippen LogP contribution in [0.25, 0.3) is 0 Å². The fourth-order valence-electron chi connectivity index (χ4n) is 4.58. The zero-order valence-corrected chi connectivity index (χ0v) is 18.9. The topological polar surface area (TPSA) is 63.5 Å². The van der Waals surface area contributed by atoms with Gasteiger partial charge < -0.3 is 9.64 Å². The zero-order valence-electron chi connectivity index (χ0n) is 18.9. The van der Waals surface area contributed by atoms with Gasteiger partial charge in [-0.05, 0) is 57.5 Å². The van der Waals surface area contributed by atoms with Gasteiger partial charge in [0.1, 0.15) is 30.0 Å². The van der Waals surface area contributed by atoms with Gasteiger partial charge in [0.05, 0.1) is 0 Å². The summed E-state index contributed by atoms with van der Waals surface area (Å²) in [6.45, 7) is 8.90. The number of aryl methyl sites for hydroxylation is 2. The Morgan fingerprint density at radius 1 is 1.00 bits per heavy atom. The summed E-state index contributed by atoms with van der Waals surface area (Å²) in [5.74, 6) is 2.51. The van der Waals surface area contributed by atoms with E-state index in [0.29, 0.717) is 5.82 Å². The molecule has 0 N–H and O–H groups in total. The maximum absolute atomic E-state index is 12.6. The predicted octanol–water partition coefficient (Wildman–Crippen LogP) is 3.34. The van der Waals surface area contributed by atoms with E-state index in [2.05, 4.69) is 39.2 Å². The molecule has 7 nitrogen and oxygen atoms in total. The molecule has 4 rings (SSSR count). The van der Waals surface area contributed by atoms with Gasteiger partial charge in [-0.2, -0.15) is 5.10 Å². The second-order valence-electron chi connectivity index (χ2n) is 8.90. The summed E-state index contributed by atoms with van der Waals surface area (Å²) in [7, 11) is 0. The highest BCUT2D eigenvalue weighted by Crippen LogP contribution is 2.21. The maximum atomic E-state index is 12.6. The van der Waals surface area contributed by atoms with E-state index < -0.39 is 0 Å². The van der Waals surface area contributed by atoms with Gasteiger partial charge in [0.2, 0.25) is 5.91 Å². The quantitative estimate of drug-likeness (QED) is 0.710. The van der Waals surface area contributed by atoms with Crippen LogP contribution in [0.3, 0.4) is 0 Å². The van der Waals surface area contributed by atoms with E-state index >= 15 is 0 Å². The number of carbonyl (C=O) groups excluding carboxylic acids is 1. The van der Waals surface area contributed by atoms with E-state index in [1.165, 1.54) is 44.3 Å². The molecule has 0 unspecified atom stereocenters. The molecule has 2 aliphatic heterocycles. The Morgan fingerprint density at radius 2 is 1.68 bits per heavy atom. The highest BCUT2D eigenvalue weighted by molar-refractivity contribution is 5.76. The smallest absolute Gasteiger partial charge is 0.244 e. The lowest BCUT2D eigenvalue weighted by Gasteiger charge is -2.32. The van der Waals surface area contributed by atoms with E-state index in [0.717, 1.165) is 44.0 Å². The van der Waals surface area contributed by atoms with Gasteiger partial charge in [-0.25, -0.2) is 9.67 Å². The average molecular weight is 426 g/mol. The van der Waals surface area contributed by atoms with Crippen LogP contribution in [0.15, 0.2) is 24.3 Å². The van der Waals surface area contributed by atoms with Crippen molar-refractivity contribution in [1.82, 2.24) is 24.6 Å². The SMILES string of the molecule is Cc1nc(C)n(CC(=O)N2CCC(Oc3ccc(CN4CCCCCC4)cc3)CC2)n1. The van der Waals surface area contributed by atoms with Crippen molar-refractivity contribution in [2.45, 2.75) is 71.6 Å². The van der Waals surface area contributed by atoms with Crippen LogP contribution < -0.4 is 4.74 Å². The van der Waals surface area contributed by atoms with Crippen LogP contribution in [-0.2, 0) is 17.9 Å². The van der Waals surface area contributed by atoms with Crippen molar-refractivity contribution in [1.29, 1.82) is 0 Å². The Labute approximate surface area is 185 Å². The molecule has 0 atom stereocenters. The minimum atomic E-state index is 0.101. The fourth-order valence-corrected chi connectivity index (χ4v) is 4.58. The zero-order chi connectivity index (χ0) is 21.6. The lowest BCUT2D eigenvalue weighted by atomic mass is 10.1. The summed E-state index contributed by atoms with van der Waals surface area (Å²) in [5.41, 5.74) is 1.35. The molecule has 168 valence electrons. The molecule has 1 aromatic heterocycles. The summed E-state index contributed by atoms with van der Waals surface area (Å²) in [5, 5.41) is 4.29. The van der Waals surface area contributed by atoms with Crippen molar-refractivity contribution < 1.29 is 9.53 Å². The number of hydrogen-bond donors (Lipinski definition) is 0. The molecule has 3 heterocycles. The molecule has 2 saturated heterocycles. The molecular weight excluding hydrogens is 390 g/mol. The molecule has 1 aromatic carbocycles. The Kier molecular flexibility index (Phi) is 7.22. The van der Waals surface area contributed by atoms with Gasteiger partial charge in [-0.1, -0.05) is 25.0 Å². The highest BCUT2D eigenvalue weighted by atomic mass is 16.5. The number of aromatic nitrogens is 3. The first-order chi connectivity index (χ1) is 15.1. The van der Waals surface area contributed by atoms with Crippen molar-refractivity contribution in [2.75, 3.05) is 26.2 Å². The molecule has 0 saturated carbocycles. The number of nitrogens with zero attached hydrogens (tertiary/aromatic N) is 5. The predicted molar refractivity (Wildman–Crippen MR) is 120 cm³/mol.